The van der Waals surface area contributed by atoms with Crippen LogP contribution in [0.1, 0.15) is 25.3 Å². The Morgan fingerprint density at radius 3 is 2.76 bits per heavy atom. The summed E-state index contributed by atoms with van der Waals surface area (Å²) in [5, 5.41) is 3.32. The predicted molar refractivity (Wildman–Crippen MR) is 108 cm³/mol. The molecule has 1 heterocycles. The van der Waals surface area contributed by atoms with Crippen molar-refractivity contribution in [3.63, 3.8) is 0 Å². The van der Waals surface area contributed by atoms with Gasteiger partial charge < -0.3 is 15.0 Å². The van der Waals surface area contributed by atoms with E-state index < -0.39 is 0 Å². The number of guanidine groups is 1. The summed E-state index contributed by atoms with van der Waals surface area (Å²) in [4.78, 5) is 18.4. The summed E-state index contributed by atoms with van der Waals surface area (Å²) in [7, 11) is 1.74. The predicted octanol–water partition coefficient (Wildman–Crippen LogP) is 2.84. The third kappa shape index (κ3) is 6.80. The van der Waals surface area contributed by atoms with Gasteiger partial charge in [0.1, 0.15) is 5.82 Å². The highest BCUT2D eigenvalue weighted by molar-refractivity contribution is 14.0. The van der Waals surface area contributed by atoms with E-state index in [1.165, 1.54) is 12.1 Å². The number of aliphatic imine (C=N–C) groups is 1. The average molecular weight is 463 g/mol. The summed E-state index contributed by atoms with van der Waals surface area (Å²) in [5.74, 6) is 0.366. The third-order valence-electron chi connectivity index (χ3n) is 4.16. The van der Waals surface area contributed by atoms with E-state index in [0.29, 0.717) is 19.7 Å². The van der Waals surface area contributed by atoms with Crippen LogP contribution in [0.3, 0.4) is 0 Å². The number of hydrogen-bond acceptors (Lipinski definition) is 3. The first-order chi connectivity index (χ1) is 11.6. The summed E-state index contributed by atoms with van der Waals surface area (Å²) >= 11 is 0. The van der Waals surface area contributed by atoms with E-state index in [1.54, 1.807) is 19.2 Å². The van der Waals surface area contributed by atoms with Crippen LogP contribution in [0.5, 0.6) is 0 Å². The SMILES string of the molecule is CCOC(=O)C1CCCN(C(=NC)NCCc2ccc(F)cc2)C1.I. The highest BCUT2D eigenvalue weighted by Crippen LogP contribution is 2.18. The van der Waals surface area contributed by atoms with Crippen molar-refractivity contribution in [1.82, 2.24) is 10.2 Å². The first kappa shape index (κ1) is 21.7. The van der Waals surface area contributed by atoms with Crippen molar-refractivity contribution in [2.75, 3.05) is 33.3 Å². The van der Waals surface area contributed by atoms with Crippen molar-refractivity contribution in [1.29, 1.82) is 0 Å². The number of piperidine rings is 1. The molecule has 1 aliphatic rings. The maximum atomic E-state index is 12.9. The number of halogens is 2. The fourth-order valence-electron chi connectivity index (χ4n) is 2.92. The Morgan fingerprint density at radius 2 is 2.12 bits per heavy atom. The maximum Gasteiger partial charge on any atom is 0.310 e. The van der Waals surface area contributed by atoms with Crippen molar-refractivity contribution >= 4 is 35.9 Å². The van der Waals surface area contributed by atoms with Gasteiger partial charge in [-0.05, 0) is 43.9 Å². The van der Waals surface area contributed by atoms with Crippen LogP contribution in [0.15, 0.2) is 29.3 Å². The van der Waals surface area contributed by atoms with Gasteiger partial charge in [0.05, 0.1) is 12.5 Å². The van der Waals surface area contributed by atoms with E-state index in [4.69, 9.17) is 4.74 Å². The van der Waals surface area contributed by atoms with Crippen molar-refractivity contribution < 1.29 is 13.9 Å². The lowest BCUT2D eigenvalue weighted by Crippen LogP contribution is -2.48. The molecule has 1 aromatic rings. The Labute approximate surface area is 166 Å². The van der Waals surface area contributed by atoms with Crippen LogP contribution >= 0.6 is 24.0 Å². The number of esters is 1. The van der Waals surface area contributed by atoms with E-state index in [1.807, 2.05) is 6.92 Å². The molecule has 1 aromatic carbocycles. The van der Waals surface area contributed by atoms with Gasteiger partial charge in [0.25, 0.3) is 0 Å². The molecular weight excluding hydrogens is 436 g/mol. The molecule has 1 atom stereocenters. The standard InChI is InChI=1S/C18H26FN3O2.HI/c1-3-24-17(23)15-5-4-12-22(13-15)18(20-2)21-11-10-14-6-8-16(19)9-7-14;/h6-9,15H,3-5,10-13H2,1-2H3,(H,20,21);1H. The molecule has 0 spiro atoms. The molecule has 140 valence electrons. The Balaban J connectivity index is 0.00000312. The minimum absolute atomic E-state index is 0. The lowest BCUT2D eigenvalue weighted by atomic mass is 9.98. The van der Waals surface area contributed by atoms with Crippen LogP contribution in [0.25, 0.3) is 0 Å². The Morgan fingerprint density at radius 1 is 1.40 bits per heavy atom. The number of likely N-dealkylation sites (tertiary alicyclic amines) is 1. The number of rotatable bonds is 5. The van der Waals surface area contributed by atoms with Gasteiger partial charge in [-0.2, -0.15) is 0 Å². The van der Waals surface area contributed by atoms with E-state index >= 15 is 0 Å². The van der Waals surface area contributed by atoms with Crippen molar-refractivity contribution in [3.05, 3.63) is 35.6 Å². The van der Waals surface area contributed by atoms with Crippen molar-refractivity contribution in [3.8, 4) is 0 Å². The van der Waals surface area contributed by atoms with E-state index in [9.17, 15) is 9.18 Å². The van der Waals surface area contributed by atoms with Crippen LogP contribution in [0, 0.1) is 11.7 Å². The second-order valence-electron chi connectivity index (χ2n) is 5.89. The number of hydrogen-bond donors (Lipinski definition) is 1. The van der Waals surface area contributed by atoms with Crippen LogP contribution in [-0.4, -0.2) is 50.1 Å². The topological polar surface area (TPSA) is 53.9 Å². The zero-order valence-electron chi connectivity index (χ0n) is 14.8. The summed E-state index contributed by atoms with van der Waals surface area (Å²) in [6.45, 7) is 4.47. The Hall–Kier alpha value is -1.38. The molecule has 1 aliphatic heterocycles. The van der Waals surface area contributed by atoms with E-state index in [0.717, 1.165) is 37.3 Å². The monoisotopic (exact) mass is 463 g/mol. The van der Waals surface area contributed by atoms with Gasteiger partial charge in [0.2, 0.25) is 0 Å². The van der Waals surface area contributed by atoms with Gasteiger partial charge in [-0.25, -0.2) is 4.39 Å². The molecular formula is C18H27FIN3O2. The van der Waals surface area contributed by atoms with Gasteiger partial charge in [0.15, 0.2) is 5.96 Å². The average Bonchev–Trinajstić information content (AvgIpc) is 2.60. The minimum Gasteiger partial charge on any atom is -0.466 e. The van der Waals surface area contributed by atoms with Crippen molar-refractivity contribution in [2.45, 2.75) is 26.2 Å². The zero-order valence-corrected chi connectivity index (χ0v) is 17.2. The highest BCUT2D eigenvalue weighted by atomic mass is 127. The summed E-state index contributed by atoms with van der Waals surface area (Å²) in [5.41, 5.74) is 1.07. The van der Waals surface area contributed by atoms with Gasteiger partial charge in [-0.3, -0.25) is 9.79 Å². The summed E-state index contributed by atoms with van der Waals surface area (Å²) < 4.78 is 18.0. The molecule has 1 N–H and O–H groups in total. The molecule has 5 nitrogen and oxygen atoms in total. The fourth-order valence-corrected chi connectivity index (χ4v) is 2.92. The normalized spacial score (nSPS) is 17.6. The molecule has 1 unspecified atom stereocenters. The first-order valence-electron chi connectivity index (χ1n) is 8.50. The van der Waals surface area contributed by atoms with Gasteiger partial charge in [-0.1, -0.05) is 12.1 Å². The quantitative estimate of drug-likeness (QED) is 0.316. The molecule has 0 saturated carbocycles. The second-order valence-corrected chi connectivity index (χ2v) is 5.89. The molecule has 2 rings (SSSR count). The minimum atomic E-state index is -0.221. The first-order valence-corrected chi connectivity index (χ1v) is 8.50. The summed E-state index contributed by atoms with van der Waals surface area (Å²) in [6.07, 6.45) is 2.60. The number of nitrogens with zero attached hydrogens (tertiary/aromatic N) is 2. The van der Waals surface area contributed by atoms with Crippen LogP contribution < -0.4 is 5.32 Å². The Kier molecular flexibility index (Phi) is 9.77. The second kappa shape index (κ2) is 11.3. The molecule has 0 bridgehead atoms. The van der Waals surface area contributed by atoms with Crippen LogP contribution in [-0.2, 0) is 16.0 Å². The number of carbonyl (C=O) groups excluding carboxylic acids is 1. The fraction of sp³-hybridized carbons (Fsp3) is 0.556. The number of ether oxygens (including phenoxy) is 1. The number of nitrogens with one attached hydrogen (secondary N) is 1. The van der Waals surface area contributed by atoms with E-state index in [2.05, 4.69) is 15.2 Å². The van der Waals surface area contributed by atoms with Gasteiger partial charge >= 0.3 is 5.97 Å². The molecule has 7 heteroatoms. The van der Waals surface area contributed by atoms with Crippen molar-refractivity contribution in [2.24, 2.45) is 10.9 Å². The zero-order chi connectivity index (χ0) is 17.4. The lowest BCUT2D eigenvalue weighted by Gasteiger charge is -2.34. The molecule has 25 heavy (non-hydrogen) atoms. The largest absolute Gasteiger partial charge is 0.466 e. The third-order valence-corrected chi connectivity index (χ3v) is 4.16. The smallest absolute Gasteiger partial charge is 0.310 e. The molecule has 0 aromatic heterocycles. The van der Waals surface area contributed by atoms with E-state index in [-0.39, 0.29) is 41.7 Å². The summed E-state index contributed by atoms with van der Waals surface area (Å²) in [6, 6.07) is 6.52. The molecule has 1 fully saturated rings. The molecule has 0 aliphatic carbocycles. The van der Waals surface area contributed by atoms with Crippen LogP contribution in [0.4, 0.5) is 4.39 Å². The number of benzene rings is 1. The highest BCUT2D eigenvalue weighted by Gasteiger charge is 2.28. The Bertz CT molecular complexity index is 566. The van der Waals surface area contributed by atoms with Gasteiger partial charge in [-0.15, -0.1) is 24.0 Å². The molecule has 0 amide bonds. The van der Waals surface area contributed by atoms with Crippen LogP contribution in [0.2, 0.25) is 0 Å². The lowest BCUT2D eigenvalue weighted by molar-refractivity contribution is -0.149. The van der Waals surface area contributed by atoms with Gasteiger partial charge in [0, 0.05) is 26.7 Å². The number of carbonyl (C=O) groups is 1. The molecule has 1 saturated heterocycles. The maximum absolute atomic E-state index is 12.9. The molecule has 0 radical (unpaired) electrons.